The van der Waals surface area contributed by atoms with Gasteiger partial charge in [0.2, 0.25) is 0 Å². The van der Waals surface area contributed by atoms with Gasteiger partial charge < -0.3 is 4.74 Å². The Morgan fingerprint density at radius 1 is 0.800 bits per heavy atom. The molecule has 0 aliphatic heterocycles. The summed E-state index contributed by atoms with van der Waals surface area (Å²) in [5, 5.41) is 0. The second kappa shape index (κ2) is 12.0. The minimum absolute atomic E-state index is 0.473. The lowest BCUT2D eigenvalue weighted by molar-refractivity contribution is 0.0560. The molecule has 0 aliphatic carbocycles. The monoisotopic (exact) mass is 214 g/mol. The average molecular weight is 214 g/mol. The maximum atomic E-state index is 5.75. The first-order valence-corrected chi connectivity index (χ1v) is 6.92. The largest absolute Gasteiger partial charge is 0.379 e. The van der Waals surface area contributed by atoms with Crippen molar-refractivity contribution in [1.29, 1.82) is 0 Å². The molecule has 0 amide bonds. The number of unbranched alkanes of at least 4 members (excludes halogenated alkanes) is 6. The van der Waals surface area contributed by atoms with Gasteiger partial charge in [0.05, 0.1) is 6.10 Å². The average Bonchev–Trinajstić information content (AvgIpc) is 2.25. The highest BCUT2D eigenvalue weighted by molar-refractivity contribution is 4.50. The van der Waals surface area contributed by atoms with Gasteiger partial charge in [0, 0.05) is 6.61 Å². The summed E-state index contributed by atoms with van der Waals surface area (Å²) < 4.78 is 5.75. The Balaban J connectivity index is 3.02. The number of ether oxygens (including phenoxy) is 1. The third-order valence-corrected chi connectivity index (χ3v) is 2.86. The molecule has 0 fully saturated rings. The van der Waals surface area contributed by atoms with Gasteiger partial charge in [-0.3, -0.25) is 0 Å². The van der Waals surface area contributed by atoms with Crippen LogP contribution < -0.4 is 0 Å². The molecule has 0 aromatic carbocycles. The van der Waals surface area contributed by atoms with Crippen LogP contribution in [0, 0.1) is 0 Å². The van der Waals surface area contributed by atoms with Gasteiger partial charge in [-0.1, -0.05) is 58.8 Å². The Hall–Kier alpha value is -0.0400. The molecule has 1 unspecified atom stereocenters. The van der Waals surface area contributed by atoms with Crippen molar-refractivity contribution in [3.8, 4) is 0 Å². The number of hydrogen-bond donors (Lipinski definition) is 0. The Morgan fingerprint density at radius 3 is 2.07 bits per heavy atom. The van der Waals surface area contributed by atoms with E-state index in [1.54, 1.807) is 0 Å². The summed E-state index contributed by atoms with van der Waals surface area (Å²) in [6.45, 7) is 7.67. The highest BCUT2D eigenvalue weighted by atomic mass is 16.5. The first-order chi connectivity index (χ1) is 7.31. The molecule has 0 radical (unpaired) electrons. The quantitative estimate of drug-likeness (QED) is 0.442. The van der Waals surface area contributed by atoms with E-state index in [-0.39, 0.29) is 0 Å². The molecule has 15 heavy (non-hydrogen) atoms. The fraction of sp³-hybridized carbons (Fsp3) is 1.00. The molecule has 0 aromatic heterocycles. The van der Waals surface area contributed by atoms with Crippen LogP contribution in [-0.2, 0) is 4.74 Å². The van der Waals surface area contributed by atoms with Crippen molar-refractivity contribution in [1.82, 2.24) is 0 Å². The maximum Gasteiger partial charge on any atom is 0.0547 e. The predicted octanol–water partition coefficient (Wildman–Crippen LogP) is 4.94. The Bertz CT molecular complexity index is 112. The van der Waals surface area contributed by atoms with Gasteiger partial charge in [0.1, 0.15) is 0 Å². The Kier molecular flexibility index (Phi) is 12.0. The fourth-order valence-electron chi connectivity index (χ4n) is 1.74. The van der Waals surface area contributed by atoms with Gasteiger partial charge in [-0.05, 0) is 19.8 Å². The summed E-state index contributed by atoms with van der Waals surface area (Å²) in [7, 11) is 0. The first kappa shape index (κ1) is 15.0. The Morgan fingerprint density at radius 2 is 1.40 bits per heavy atom. The van der Waals surface area contributed by atoms with E-state index in [2.05, 4.69) is 20.8 Å². The van der Waals surface area contributed by atoms with E-state index in [9.17, 15) is 0 Å². The van der Waals surface area contributed by atoms with Gasteiger partial charge in [-0.15, -0.1) is 0 Å². The van der Waals surface area contributed by atoms with Crippen LogP contribution in [0.25, 0.3) is 0 Å². The predicted molar refractivity (Wildman–Crippen MR) is 68.3 cm³/mol. The topological polar surface area (TPSA) is 9.23 Å². The zero-order valence-corrected chi connectivity index (χ0v) is 11.1. The third-order valence-electron chi connectivity index (χ3n) is 2.86. The highest BCUT2D eigenvalue weighted by Gasteiger charge is 2.00. The zero-order chi connectivity index (χ0) is 11.4. The molecule has 0 N–H and O–H groups in total. The van der Waals surface area contributed by atoms with Crippen molar-refractivity contribution in [3.05, 3.63) is 0 Å². The van der Waals surface area contributed by atoms with Gasteiger partial charge in [-0.2, -0.15) is 0 Å². The summed E-state index contributed by atoms with van der Waals surface area (Å²) in [6, 6.07) is 0. The molecule has 1 heteroatoms. The smallest absolute Gasteiger partial charge is 0.0547 e. The van der Waals surface area contributed by atoms with Crippen molar-refractivity contribution in [2.24, 2.45) is 0 Å². The van der Waals surface area contributed by atoms with Crippen LogP contribution in [0.4, 0.5) is 0 Å². The van der Waals surface area contributed by atoms with Crippen LogP contribution in [-0.4, -0.2) is 12.7 Å². The van der Waals surface area contributed by atoms with Gasteiger partial charge in [0.15, 0.2) is 0 Å². The van der Waals surface area contributed by atoms with E-state index in [0.717, 1.165) is 6.61 Å². The second-order valence-electron chi connectivity index (χ2n) is 4.59. The van der Waals surface area contributed by atoms with E-state index in [1.165, 1.54) is 57.8 Å². The van der Waals surface area contributed by atoms with Crippen LogP contribution in [0.15, 0.2) is 0 Å². The summed E-state index contributed by atoms with van der Waals surface area (Å²) in [4.78, 5) is 0. The highest BCUT2D eigenvalue weighted by Crippen LogP contribution is 2.07. The van der Waals surface area contributed by atoms with Crippen LogP contribution in [0.2, 0.25) is 0 Å². The SMILES string of the molecule is CCCCCCCCOC(C)CCCC. The number of hydrogen-bond acceptors (Lipinski definition) is 1. The van der Waals surface area contributed by atoms with E-state index in [0.29, 0.717) is 6.10 Å². The van der Waals surface area contributed by atoms with Gasteiger partial charge in [0.25, 0.3) is 0 Å². The molecule has 92 valence electrons. The fourth-order valence-corrected chi connectivity index (χ4v) is 1.74. The van der Waals surface area contributed by atoms with E-state index >= 15 is 0 Å². The third kappa shape index (κ3) is 11.9. The lowest BCUT2D eigenvalue weighted by Crippen LogP contribution is -2.08. The molecule has 0 bridgehead atoms. The molecule has 1 nitrogen and oxygen atoms in total. The first-order valence-electron chi connectivity index (χ1n) is 6.92. The van der Waals surface area contributed by atoms with E-state index in [1.807, 2.05) is 0 Å². The normalized spacial score (nSPS) is 13.0. The molecule has 0 aliphatic rings. The summed E-state index contributed by atoms with van der Waals surface area (Å²) >= 11 is 0. The van der Waals surface area contributed by atoms with Crippen LogP contribution in [0.5, 0.6) is 0 Å². The van der Waals surface area contributed by atoms with Crippen LogP contribution in [0.1, 0.15) is 78.6 Å². The van der Waals surface area contributed by atoms with E-state index < -0.39 is 0 Å². The van der Waals surface area contributed by atoms with Crippen molar-refractivity contribution in [3.63, 3.8) is 0 Å². The van der Waals surface area contributed by atoms with Crippen molar-refractivity contribution in [2.45, 2.75) is 84.7 Å². The minimum atomic E-state index is 0.473. The zero-order valence-electron chi connectivity index (χ0n) is 11.1. The molecule has 0 saturated carbocycles. The maximum absolute atomic E-state index is 5.75. The van der Waals surface area contributed by atoms with Crippen molar-refractivity contribution in [2.75, 3.05) is 6.61 Å². The summed E-state index contributed by atoms with van der Waals surface area (Å²) in [5.41, 5.74) is 0. The molecule has 0 spiro atoms. The summed E-state index contributed by atoms with van der Waals surface area (Å²) in [6.07, 6.45) is 12.4. The van der Waals surface area contributed by atoms with Crippen LogP contribution >= 0.6 is 0 Å². The molecule has 0 rings (SSSR count). The van der Waals surface area contributed by atoms with Gasteiger partial charge in [-0.25, -0.2) is 0 Å². The molecule has 0 heterocycles. The standard InChI is InChI=1S/C14H30O/c1-4-6-8-9-10-11-13-15-14(3)12-7-5-2/h14H,4-13H2,1-3H3. The lowest BCUT2D eigenvalue weighted by Gasteiger charge is -2.12. The van der Waals surface area contributed by atoms with Crippen molar-refractivity contribution >= 4 is 0 Å². The number of rotatable bonds is 11. The molecule has 1 atom stereocenters. The van der Waals surface area contributed by atoms with E-state index in [4.69, 9.17) is 4.74 Å². The molecule has 0 aromatic rings. The minimum Gasteiger partial charge on any atom is -0.379 e. The molecular weight excluding hydrogens is 184 g/mol. The second-order valence-corrected chi connectivity index (χ2v) is 4.59. The Labute approximate surface area is 96.6 Å². The van der Waals surface area contributed by atoms with Crippen LogP contribution in [0.3, 0.4) is 0 Å². The van der Waals surface area contributed by atoms with Crippen molar-refractivity contribution < 1.29 is 4.74 Å². The molecular formula is C14H30O. The molecule has 0 saturated heterocycles. The summed E-state index contributed by atoms with van der Waals surface area (Å²) in [5.74, 6) is 0. The lowest BCUT2D eigenvalue weighted by atomic mass is 10.1. The van der Waals surface area contributed by atoms with Gasteiger partial charge >= 0.3 is 0 Å².